The SMILES string of the molecule is O=C=N[C@H](C(=O)O)C(OCc1ccccc1)c1ccccc1. The number of ether oxygens (including phenoxy) is 1. The monoisotopic (exact) mass is 297 g/mol. The molecule has 0 aliphatic heterocycles. The number of isocyanates is 1. The molecule has 0 saturated carbocycles. The third-order valence-corrected chi connectivity index (χ3v) is 3.13. The molecule has 2 aromatic carbocycles. The lowest BCUT2D eigenvalue weighted by Crippen LogP contribution is -2.28. The number of hydrogen-bond donors (Lipinski definition) is 1. The third-order valence-electron chi connectivity index (χ3n) is 3.13. The summed E-state index contributed by atoms with van der Waals surface area (Å²) in [7, 11) is 0. The van der Waals surface area contributed by atoms with E-state index in [0.717, 1.165) is 5.56 Å². The maximum Gasteiger partial charge on any atom is 0.332 e. The van der Waals surface area contributed by atoms with Gasteiger partial charge in [-0.05, 0) is 11.1 Å². The Morgan fingerprint density at radius 1 is 1.09 bits per heavy atom. The maximum absolute atomic E-state index is 11.4. The molecule has 2 atom stereocenters. The third kappa shape index (κ3) is 4.12. The molecule has 0 aliphatic rings. The maximum atomic E-state index is 11.4. The van der Waals surface area contributed by atoms with E-state index in [9.17, 15) is 14.7 Å². The van der Waals surface area contributed by atoms with Gasteiger partial charge in [-0.25, -0.2) is 9.59 Å². The minimum atomic E-state index is -1.33. The summed E-state index contributed by atoms with van der Waals surface area (Å²) in [6, 6.07) is 16.9. The lowest BCUT2D eigenvalue weighted by atomic mass is 10.0. The first-order valence-electron chi connectivity index (χ1n) is 6.72. The first kappa shape index (κ1) is 15.6. The van der Waals surface area contributed by atoms with Gasteiger partial charge in [0.2, 0.25) is 6.08 Å². The number of aliphatic carboxylic acids is 1. The van der Waals surface area contributed by atoms with Crippen LogP contribution in [0.3, 0.4) is 0 Å². The van der Waals surface area contributed by atoms with Crippen molar-refractivity contribution in [1.82, 2.24) is 0 Å². The van der Waals surface area contributed by atoms with E-state index in [1.807, 2.05) is 36.4 Å². The molecule has 0 amide bonds. The van der Waals surface area contributed by atoms with Crippen LogP contribution in [0.25, 0.3) is 0 Å². The van der Waals surface area contributed by atoms with E-state index in [2.05, 4.69) is 4.99 Å². The van der Waals surface area contributed by atoms with Gasteiger partial charge in [-0.15, -0.1) is 0 Å². The number of rotatable bonds is 7. The summed E-state index contributed by atoms with van der Waals surface area (Å²) in [6.45, 7) is 0.221. The molecule has 0 heterocycles. The molecule has 0 saturated heterocycles. The summed E-state index contributed by atoms with van der Waals surface area (Å²) >= 11 is 0. The van der Waals surface area contributed by atoms with E-state index in [1.54, 1.807) is 24.3 Å². The number of carbonyl (C=O) groups is 1. The minimum absolute atomic E-state index is 0.221. The van der Waals surface area contributed by atoms with Crippen molar-refractivity contribution in [1.29, 1.82) is 0 Å². The molecule has 2 aromatic rings. The highest BCUT2D eigenvalue weighted by molar-refractivity contribution is 5.76. The van der Waals surface area contributed by atoms with Crippen molar-refractivity contribution < 1.29 is 19.4 Å². The molecule has 0 radical (unpaired) electrons. The Labute approximate surface area is 127 Å². The Kier molecular flexibility index (Phi) is 5.60. The van der Waals surface area contributed by atoms with Crippen LogP contribution in [0, 0.1) is 0 Å². The number of carboxylic acid groups (broad SMARTS) is 1. The molecule has 5 heteroatoms. The molecule has 0 aromatic heterocycles. The Morgan fingerprint density at radius 2 is 1.68 bits per heavy atom. The van der Waals surface area contributed by atoms with Crippen LogP contribution in [0.1, 0.15) is 17.2 Å². The van der Waals surface area contributed by atoms with Gasteiger partial charge in [-0.3, -0.25) is 0 Å². The molecule has 0 aliphatic carbocycles. The summed E-state index contributed by atoms with van der Waals surface area (Å²) in [5, 5.41) is 9.28. The average Bonchev–Trinajstić information content (AvgIpc) is 2.56. The van der Waals surface area contributed by atoms with Crippen molar-refractivity contribution in [2.24, 2.45) is 4.99 Å². The van der Waals surface area contributed by atoms with Gasteiger partial charge in [0.15, 0.2) is 6.04 Å². The van der Waals surface area contributed by atoms with Crippen molar-refractivity contribution in [3.05, 3.63) is 71.8 Å². The van der Waals surface area contributed by atoms with Crippen molar-refractivity contribution in [3.63, 3.8) is 0 Å². The average molecular weight is 297 g/mol. The molecule has 5 nitrogen and oxygen atoms in total. The Morgan fingerprint density at radius 3 is 2.23 bits per heavy atom. The van der Waals surface area contributed by atoms with Crippen LogP contribution in [0.15, 0.2) is 65.7 Å². The van der Waals surface area contributed by atoms with Gasteiger partial charge in [0.25, 0.3) is 0 Å². The highest BCUT2D eigenvalue weighted by Gasteiger charge is 2.30. The van der Waals surface area contributed by atoms with Gasteiger partial charge in [-0.1, -0.05) is 60.7 Å². The van der Waals surface area contributed by atoms with Crippen LogP contribution < -0.4 is 0 Å². The van der Waals surface area contributed by atoms with Crippen LogP contribution >= 0.6 is 0 Å². The molecule has 22 heavy (non-hydrogen) atoms. The molecule has 1 unspecified atom stereocenters. The zero-order valence-electron chi connectivity index (χ0n) is 11.8. The van der Waals surface area contributed by atoms with Crippen LogP contribution in [0.4, 0.5) is 0 Å². The summed E-state index contributed by atoms with van der Waals surface area (Å²) in [5.41, 5.74) is 1.55. The fourth-order valence-electron chi connectivity index (χ4n) is 2.08. The molecular formula is C17H15NO4. The van der Waals surface area contributed by atoms with Gasteiger partial charge < -0.3 is 9.84 Å². The first-order valence-corrected chi connectivity index (χ1v) is 6.72. The van der Waals surface area contributed by atoms with Crippen LogP contribution in [0.5, 0.6) is 0 Å². The Balaban J connectivity index is 2.25. The summed E-state index contributed by atoms with van der Waals surface area (Å²) in [5.74, 6) is -1.23. The summed E-state index contributed by atoms with van der Waals surface area (Å²) < 4.78 is 5.74. The molecule has 112 valence electrons. The van der Waals surface area contributed by atoms with Gasteiger partial charge in [0.1, 0.15) is 6.10 Å². The second kappa shape index (κ2) is 7.88. The zero-order valence-corrected chi connectivity index (χ0v) is 11.8. The molecule has 0 fully saturated rings. The van der Waals surface area contributed by atoms with Crippen molar-refractivity contribution in [3.8, 4) is 0 Å². The van der Waals surface area contributed by atoms with E-state index in [1.165, 1.54) is 6.08 Å². The molecule has 1 N–H and O–H groups in total. The van der Waals surface area contributed by atoms with Crippen molar-refractivity contribution in [2.45, 2.75) is 18.8 Å². The van der Waals surface area contributed by atoms with Gasteiger partial charge >= 0.3 is 5.97 Å². The fourth-order valence-corrected chi connectivity index (χ4v) is 2.08. The minimum Gasteiger partial charge on any atom is -0.480 e. The highest BCUT2D eigenvalue weighted by Crippen LogP contribution is 2.25. The number of carbonyl (C=O) groups excluding carboxylic acids is 1. The van der Waals surface area contributed by atoms with E-state index in [0.29, 0.717) is 5.56 Å². The van der Waals surface area contributed by atoms with E-state index < -0.39 is 18.1 Å². The lowest BCUT2D eigenvalue weighted by Gasteiger charge is -2.21. The zero-order chi connectivity index (χ0) is 15.8. The van der Waals surface area contributed by atoms with Crippen LogP contribution in [-0.2, 0) is 20.9 Å². The lowest BCUT2D eigenvalue weighted by molar-refractivity contribution is -0.143. The topological polar surface area (TPSA) is 76.0 Å². The normalized spacial score (nSPS) is 12.9. The number of hydrogen-bond acceptors (Lipinski definition) is 4. The predicted molar refractivity (Wildman–Crippen MR) is 80.0 cm³/mol. The highest BCUT2D eigenvalue weighted by atomic mass is 16.5. The number of aliphatic imine (C=N–C) groups is 1. The van der Waals surface area contributed by atoms with Gasteiger partial charge in [0.05, 0.1) is 6.61 Å². The summed E-state index contributed by atoms with van der Waals surface area (Å²) in [6.07, 6.45) is 0.451. The van der Waals surface area contributed by atoms with Crippen molar-refractivity contribution >= 4 is 12.0 Å². The van der Waals surface area contributed by atoms with E-state index >= 15 is 0 Å². The molecular weight excluding hydrogens is 282 g/mol. The first-order chi connectivity index (χ1) is 10.7. The van der Waals surface area contributed by atoms with Crippen molar-refractivity contribution in [2.75, 3.05) is 0 Å². The van der Waals surface area contributed by atoms with Crippen LogP contribution in [-0.4, -0.2) is 23.2 Å². The summed E-state index contributed by atoms with van der Waals surface area (Å²) in [4.78, 5) is 25.3. The second-order valence-corrected chi connectivity index (χ2v) is 4.63. The number of nitrogens with zero attached hydrogens (tertiary/aromatic N) is 1. The van der Waals surface area contributed by atoms with E-state index in [4.69, 9.17) is 4.74 Å². The quantitative estimate of drug-likeness (QED) is 0.629. The fraction of sp³-hybridized carbons (Fsp3) is 0.176. The predicted octanol–water partition coefficient (Wildman–Crippen LogP) is 2.73. The molecule has 2 rings (SSSR count). The largest absolute Gasteiger partial charge is 0.480 e. The smallest absolute Gasteiger partial charge is 0.332 e. The Hall–Kier alpha value is -2.75. The van der Waals surface area contributed by atoms with Crippen LogP contribution in [0.2, 0.25) is 0 Å². The standard InChI is InChI=1S/C17H15NO4/c19-12-18-15(17(20)21)16(14-9-5-2-6-10-14)22-11-13-7-3-1-4-8-13/h1-10,15-16H,11H2,(H,20,21)/t15-,16?/m0/s1. The second-order valence-electron chi connectivity index (χ2n) is 4.63. The molecule has 0 spiro atoms. The Bertz CT molecular complexity index is 649. The number of carboxylic acids is 1. The van der Waals surface area contributed by atoms with Gasteiger partial charge in [0, 0.05) is 0 Å². The van der Waals surface area contributed by atoms with Gasteiger partial charge in [-0.2, -0.15) is 4.99 Å². The number of benzene rings is 2. The van der Waals surface area contributed by atoms with E-state index in [-0.39, 0.29) is 6.61 Å². The molecule has 0 bridgehead atoms.